The van der Waals surface area contributed by atoms with E-state index in [0.717, 1.165) is 54.4 Å². The predicted molar refractivity (Wildman–Crippen MR) is 129 cm³/mol. The highest BCUT2D eigenvalue weighted by molar-refractivity contribution is 7.89. The summed E-state index contributed by atoms with van der Waals surface area (Å²) < 4.78 is 35.1. The molecule has 1 saturated heterocycles. The minimum atomic E-state index is -3.97. The molecule has 0 aliphatic carbocycles. The van der Waals surface area contributed by atoms with Gasteiger partial charge in [0.15, 0.2) is 0 Å². The van der Waals surface area contributed by atoms with E-state index >= 15 is 0 Å². The molecule has 1 N–H and O–H groups in total. The SMILES string of the molecule is CCNC(=O)c1cnn(S(=O)(=O)c2ccc3c(c2)nc(C(C)(C)CC)n3CC2CCOCC2)c1. The van der Waals surface area contributed by atoms with Gasteiger partial charge in [-0.15, -0.1) is 0 Å². The van der Waals surface area contributed by atoms with Gasteiger partial charge in [-0.2, -0.15) is 17.6 Å². The number of nitrogens with zero attached hydrogens (tertiary/aromatic N) is 4. The van der Waals surface area contributed by atoms with E-state index in [-0.39, 0.29) is 21.8 Å². The van der Waals surface area contributed by atoms with Crippen molar-refractivity contribution in [2.45, 2.75) is 63.8 Å². The molecule has 0 radical (unpaired) electrons. The molecule has 0 unspecified atom stereocenters. The van der Waals surface area contributed by atoms with Crippen molar-refractivity contribution in [1.82, 2.24) is 24.1 Å². The van der Waals surface area contributed by atoms with Crippen LogP contribution < -0.4 is 5.32 Å². The maximum absolute atomic E-state index is 13.3. The first-order valence-corrected chi connectivity index (χ1v) is 13.3. The van der Waals surface area contributed by atoms with E-state index in [1.54, 1.807) is 19.1 Å². The quantitative estimate of drug-likeness (QED) is 0.522. The normalized spacial score (nSPS) is 15.6. The van der Waals surface area contributed by atoms with Crippen LogP contribution in [0.2, 0.25) is 0 Å². The Morgan fingerprint density at radius 2 is 1.97 bits per heavy atom. The highest BCUT2D eigenvalue weighted by Gasteiger charge is 2.29. The first-order valence-electron chi connectivity index (χ1n) is 11.8. The fourth-order valence-corrected chi connectivity index (χ4v) is 5.38. The highest BCUT2D eigenvalue weighted by atomic mass is 32.2. The highest BCUT2D eigenvalue weighted by Crippen LogP contribution is 2.32. The lowest BCUT2D eigenvalue weighted by Gasteiger charge is -2.28. The van der Waals surface area contributed by atoms with Crippen LogP contribution >= 0.6 is 0 Å². The molecule has 1 aromatic carbocycles. The van der Waals surface area contributed by atoms with Gasteiger partial charge in [0.05, 0.1) is 33.9 Å². The second kappa shape index (κ2) is 9.50. The number of amides is 1. The zero-order chi connectivity index (χ0) is 24.5. The summed E-state index contributed by atoms with van der Waals surface area (Å²) in [5, 5.41) is 6.58. The van der Waals surface area contributed by atoms with Gasteiger partial charge in [0.1, 0.15) is 5.82 Å². The van der Waals surface area contributed by atoms with Crippen LogP contribution in [0.15, 0.2) is 35.5 Å². The number of fused-ring (bicyclic) bond motifs is 1. The lowest BCUT2D eigenvalue weighted by atomic mass is 9.89. The van der Waals surface area contributed by atoms with Crippen LogP contribution in [0.4, 0.5) is 0 Å². The van der Waals surface area contributed by atoms with Crippen molar-refractivity contribution in [3.63, 3.8) is 0 Å². The number of aromatic nitrogens is 4. The Labute approximate surface area is 200 Å². The molecule has 2 aromatic heterocycles. The molecule has 0 saturated carbocycles. The van der Waals surface area contributed by atoms with Gasteiger partial charge in [-0.05, 0) is 50.3 Å². The minimum Gasteiger partial charge on any atom is -0.381 e. The van der Waals surface area contributed by atoms with Crippen molar-refractivity contribution >= 4 is 27.0 Å². The van der Waals surface area contributed by atoms with E-state index in [2.05, 4.69) is 35.8 Å². The molecule has 3 heterocycles. The predicted octanol–water partition coefficient (Wildman–Crippen LogP) is 3.33. The van der Waals surface area contributed by atoms with E-state index in [1.165, 1.54) is 12.4 Å². The molecular formula is C24H33N5O4S. The third-order valence-electron chi connectivity index (χ3n) is 6.69. The van der Waals surface area contributed by atoms with Crippen LogP contribution in [0.3, 0.4) is 0 Å². The Balaban J connectivity index is 1.74. The number of nitrogens with one attached hydrogen (secondary N) is 1. The Kier molecular flexibility index (Phi) is 6.82. The molecule has 10 heteroatoms. The molecule has 34 heavy (non-hydrogen) atoms. The van der Waals surface area contributed by atoms with E-state index in [0.29, 0.717) is 18.0 Å². The smallest absolute Gasteiger partial charge is 0.283 e. The first-order chi connectivity index (χ1) is 16.2. The minimum absolute atomic E-state index is 0.0853. The third kappa shape index (κ3) is 4.61. The van der Waals surface area contributed by atoms with Gasteiger partial charge in [0.2, 0.25) is 0 Å². The van der Waals surface area contributed by atoms with Gasteiger partial charge in [0, 0.05) is 31.7 Å². The molecule has 1 aliphatic heterocycles. The third-order valence-corrected chi connectivity index (χ3v) is 8.24. The van der Waals surface area contributed by atoms with Crippen molar-refractivity contribution in [3.8, 4) is 0 Å². The number of hydrogen-bond donors (Lipinski definition) is 1. The van der Waals surface area contributed by atoms with Gasteiger partial charge in [-0.3, -0.25) is 4.79 Å². The maximum atomic E-state index is 13.3. The van der Waals surface area contributed by atoms with Crippen molar-refractivity contribution in [2.24, 2.45) is 5.92 Å². The summed E-state index contributed by atoms with van der Waals surface area (Å²) in [6.45, 7) is 11.1. The standard InChI is InChI=1S/C24H33N5O4S/c1-5-24(3,4)23-27-20-13-19(7-8-21(20)28(23)15-17-9-11-33-12-10-17)34(31,32)29-16-18(14-26-29)22(30)25-6-2/h7-8,13-14,16-17H,5-6,9-12,15H2,1-4H3,(H,25,30). The number of imidazole rings is 1. The Morgan fingerprint density at radius 1 is 1.24 bits per heavy atom. The van der Waals surface area contributed by atoms with Gasteiger partial charge in [-0.25, -0.2) is 4.98 Å². The summed E-state index contributed by atoms with van der Waals surface area (Å²) in [7, 11) is -3.97. The van der Waals surface area contributed by atoms with Gasteiger partial charge in [-0.1, -0.05) is 20.8 Å². The topological polar surface area (TPSA) is 108 Å². The summed E-state index contributed by atoms with van der Waals surface area (Å²) in [4.78, 5) is 17.0. The van der Waals surface area contributed by atoms with Crippen LogP contribution in [-0.2, 0) is 26.7 Å². The van der Waals surface area contributed by atoms with Crippen LogP contribution in [0.25, 0.3) is 11.0 Å². The molecule has 9 nitrogen and oxygen atoms in total. The summed E-state index contributed by atoms with van der Waals surface area (Å²) in [5.74, 6) is 1.10. The summed E-state index contributed by atoms with van der Waals surface area (Å²) in [6.07, 6.45) is 5.41. The molecule has 1 fully saturated rings. The first kappa shape index (κ1) is 24.4. The number of rotatable bonds is 8. The maximum Gasteiger partial charge on any atom is 0.283 e. The molecule has 184 valence electrons. The van der Waals surface area contributed by atoms with E-state index in [1.807, 2.05) is 6.07 Å². The second-order valence-corrected chi connectivity index (χ2v) is 11.3. The van der Waals surface area contributed by atoms with Gasteiger partial charge in [0.25, 0.3) is 15.9 Å². The molecule has 4 rings (SSSR count). The zero-order valence-corrected chi connectivity index (χ0v) is 21.1. The van der Waals surface area contributed by atoms with E-state index in [9.17, 15) is 13.2 Å². The number of hydrogen-bond acceptors (Lipinski definition) is 6. The van der Waals surface area contributed by atoms with Crippen molar-refractivity contribution in [3.05, 3.63) is 42.0 Å². The van der Waals surface area contributed by atoms with Crippen molar-refractivity contribution in [2.75, 3.05) is 19.8 Å². The molecule has 0 atom stereocenters. The average Bonchev–Trinajstić information content (AvgIpc) is 3.46. The Bertz CT molecular complexity index is 1290. The Morgan fingerprint density at radius 3 is 2.65 bits per heavy atom. The largest absolute Gasteiger partial charge is 0.381 e. The van der Waals surface area contributed by atoms with Crippen LogP contribution in [-0.4, -0.2) is 52.8 Å². The van der Waals surface area contributed by atoms with E-state index < -0.39 is 10.0 Å². The number of carbonyl (C=O) groups excluding carboxylic acids is 1. The van der Waals surface area contributed by atoms with Crippen LogP contribution in [0.1, 0.15) is 63.1 Å². The fraction of sp³-hybridized carbons (Fsp3) is 0.542. The van der Waals surface area contributed by atoms with Crippen LogP contribution in [0.5, 0.6) is 0 Å². The average molecular weight is 488 g/mol. The summed E-state index contributed by atoms with van der Waals surface area (Å²) in [6, 6.07) is 5.03. The molecule has 3 aromatic rings. The Hall–Kier alpha value is -2.72. The van der Waals surface area contributed by atoms with Gasteiger partial charge < -0.3 is 14.6 Å². The number of carbonyl (C=O) groups is 1. The van der Waals surface area contributed by atoms with Crippen molar-refractivity contribution in [1.29, 1.82) is 0 Å². The molecule has 0 bridgehead atoms. The summed E-state index contributed by atoms with van der Waals surface area (Å²) in [5.41, 5.74) is 1.60. The molecule has 1 amide bonds. The molecular weight excluding hydrogens is 454 g/mol. The van der Waals surface area contributed by atoms with Crippen LogP contribution in [0, 0.1) is 5.92 Å². The van der Waals surface area contributed by atoms with E-state index in [4.69, 9.17) is 9.72 Å². The lowest BCUT2D eigenvalue weighted by molar-refractivity contribution is 0.0610. The fourth-order valence-electron chi connectivity index (χ4n) is 4.24. The summed E-state index contributed by atoms with van der Waals surface area (Å²) >= 11 is 0. The second-order valence-electron chi connectivity index (χ2n) is 9.46. The lowest BCUT2D eigenvalue weighted by Crippen LogP contribution is -2.26. The molecule has 0 spiro atoms. The number of ether oxygens (including phenoxy) is 1. The van der Waals surface area contributed by atoms with Gasteiger partial charge >= 0.3 is 0 Å². The number of benzene rings is 1. The van der Waals surface area contributed by atoms with Crippen molar-refractivity contribution < 1.29 is 17.9 Å². The molecule has 1 aliphatic rings. The zero-order valence-electron chi connectivity index (χ0n) is 20.2. The monoisotopic (exact) mass is 487 g/mol.